The number of methoxy groups -OCH3 is 1. The van der Waals surface area contributed by atoms with Gasteiger partial charge in [-0.3, -0.25) is 14.3 Å². The second-order valence-corrected chi connectivity index (χ2v) is 10.3. The van der Waals surface area contributed by atoms with Crippen LogP contribution >= 0.6 is 0 Å². The Labute approximate surface area is 202 Å². The first-order valence-corrected chi connectivity index (χ1v) is 12.7. The molecule has 0 spiro atoms. The molecular formula is C27H38N4O3. The van der Waals surface area contributed by atoms with E-state index < -0.39 is 5.54 Å². The predicted molar refractivity (Wildman–Crippen MR) is 132 cm³/mol. The second kappa shape index (κ2) is 10.2. The maximum Gasteiger partial charge on any atom is 0.273 e. The van der Waals surface area contributed by atoms with E-state index in [9.17, 15) is 9.59 Å². The lowest BCUT2D eigenvalue weighted by Crippen LogP contribution is -2.64. The Morgan fingerprint density at radius 3 is 2.53 bits per heavy atom. The van der Waals surface area contributed by atoms with Crippen molar-refractivity contribution in [3.63, 3.8) is 0 Å². The highest BCUT2D eigenvalue weighted by molar-refractivity contribution is 5.99. The molecule has 0 bridgehead atoms. The van der Waals surface area contributed by atoms with Gasteiger partial charge in [-0.25, -0.2) is 0 Å². The quantitative estimate of drug-likeness (QED) is 0.672. The molecular weight excluding hydrogens is 428 g/mol. The van der Waals surface area contributed by atoms with Gasteiger partial charge in [-0.05, 0) is 37.8 Å². The van der Waals surface area contributed by atoms with Gasteiger partial charge in [0, 0.05) is 11.6 Å². The SMILES string of the molecule is COc1ccccc1CN1C(=O)c2cc(C(C)C)nn2C[C@@]1(C)C(=O)NC1CCCCCCC1. The zero-order chi connectivity index (χ0) is 24.3. The molecule has 1 aromatic carbocycles. The number of ether oxygens (including phenoxy) is 1. The standard InChI is InChI=1S/C27H38N4O3/c1-19(2)22-16-23-25(32)30(17-20-12-10-11-15-24(20)34-4)27(3,18-31(23)29-22)26(33)28-21-13-8-6-5-7-9-14-21/h10-12,15-16,19,21H,5-9,13-14,17-18H2,1-4H3,(H,28,33)/t27-/m0/s1. The molecule has 1 saturated carbocycles. The van der Waals surface area contributed by atoms with Crippen molar-refractivity contribution in [3.8, 4) is 5.75 Å². The normalized spacial score (nSPS) is 21.7. The molecule has 0 saturated heterocycles. The smallest absolute Gasteiger partial charge is 0.273 e. The summed E-state index contributed by atoms with van der Waals surface area (Å²) in [6, 6.07) is 9.69. The third kappa shape index (κ3) is 4.84. The van der Waals surface area contributed by atoms with Crippen molar-refractivity contribution in [1.82, 2.24) is 20.0 Å². The molecule has 184 valence electrons. The Hall–Kier alpha value is -2.83. The zero-order valence-corrected chi connectivity index (χ0v) is 21.0. The second-order valence-electron chi connectivity index (χ2n) is 10.3. The third-order valence-corrected chi connectivity index (χ3v) is 7.36. The van der Waals surface area contributed by atoms with Gasteiger partial charge in [-0.1, -0.05) is 64.2 Å². The van der Waals surface area contributed by atoms with Gasteiger partial charge in [-0.2, -0.15) is 5.10 Å². The van der Waals surface area contributed by atoms with E-state index in [-0.39, 0.29) is 23.8 Å². The molecule has 4 rings (SSSR count). The summed E-state index contributed by atoms with van der Waals surface area (Å²) in [4.78, 5) is 29.4. The molecule has 7 heteroatoms. The molecule has 0 radical (unpaired) electrons. The first-order chi connectivity index (χ1) is 16.3. The summed E-state index contributed by atoms with van der Waals surface area (Å²) >= 11 is 0. The number of fused-ring (bicyclic) bond motifs is 1. The number of nitrogens with one attached hydrogen (secondary N) is 1. The fourth-order valence-electron chi connectivity index (χ4n) is 5.14. The summed E-state index contributed by atoms with van der Waals surface area (Å²) in [5.74, 6) is 0.629. The highest BCUT2D eigenvalue weighted by atomic mass is 16.5. The molecule has 7 nitrogen and oxygen atoms in total. The van der Waals surface area contributed by atoms with Gasteiger partial charge < -0.3 is 15.0 Å². The summed E-state index contributed by atoms with van der Waals surface area (Å²) in [7, 11) is 1.63. The number of aromatic nitrogens is 2. The maximum atomic E-state index is 13.9. The van der Waals surface area contributed by atoms with E-state index in [1.165, 1.54) is 19.3 Å². The van der Waals surface area contributed by atoms with Crippen LogP contribution in [0.15, 0.2) is 30.3 Å². The van der Waals surface area contributed by atoms with Crippen LogP contribution in [0.25, 0.3) is 0 Å². The first kappa shape index (κ1) is 24.3. The Morgan fingerprint density at radius 1 is 1.18 bits per heavy atom. The molecule has 2 aromatic rings. The van der Waals surface area contributed by atoms with E-state index in [2.05, 4.69) is 19.2 Å². The first-order valence-electron chi connectivity index (χ1n) is 12.7. The van der Waals surface area contributed by atoms with E-state index in [0.29, 0.717) is 24.5 Å². The molecule has 2 amide bonds. The summed E-state index contributed by atoms with van der Waals surface area (Å²) < 4.78 is 7.28. The lowest BCUT2D eigenvalue weighted by atomic mass is 9.91. The fraction of sp³-hybridized carbons (Fsp3) is 0.593. The molecule has 1 aliphatic carbocycles. The van der Waals surface area contributed by atoms with Crippen LogP contribution in [0.5, 0.6) is 5.75 Å². The van der Waals surface area contributed by atoms with Gasteiger partial charge in [0.25, 0.3) is 5.91 Å². The summed E-state index contributed by atoms with van der Waals surface area (Å²) in [6.07, 6.45) is 7.96. The van der Waals surface area contributed by atoms with Crippen molar-refractivity contribution in [2.75, 3.05) is 7.11 Å². The molecule has 34 heavy (non-hydrogen) atoms. The number of benzene rings is 1. The average molecular weight is 467 g/mol. The topological polar surface area (TPSA) is 76.5 Å². The Balaban J connectivity index is 1.68. The minimum absolute atomic E-state index is 0.103. The highest BCUT2D eigenvalue weighted by Crippen LogP contribution is 2.32. The zero-order valence-electron chi connectivity index (χ0n) is 21.0. The van der Waals surface area contributed by atoms with Crippen LogP contribution in [0.2, 0.25) is 0 Å². The van der Waals surface area contributed by atoms with Crippen LogP contribution in [-0.2, 0) is 17.9 Å². The minimum atomic E-state index is -1.06. The summed E-state index contributed by atoms with van der Waals surface area (Å²) in [5, 5.41) is 8.01. The van der Waals surface area contributed by atoms with Crippen LogP contribution in [0, 0.1) is 0 Å². The van der Waals surface area contributed by atoms with Crippen molar-refractivity contribution in [3.05, 3.63) is 47.3 Å². The molecule has 1 aliphatic heterocycles. The average Bonchev–Trinajstić information content (AvgIpc) is 3.23. The van der Waals surface area contributed by atoms with Gasteiger partial charge in [0.05, 0.1) is 25.9 Å². The van der Waals surface area contributed by atoms with Crippen LogP contribution < -0.4 is 10.1 Å². The molecule has 1 N–H and O–H groups in total. The Kier molecular flexibility index (Phi) is 7.29. The van der Waals surface area contributed by atoms with E-state index in [0.717, 1.165) is 36.9 Å². The van der Waals surface area contributed by atoms with Crippen LogP contribution in [0.1, 0.15) is 93.4 Å². The van der Waals surface area contributed by atoms with Crippen LogP contribution in [0.3, 0.4) is 0 Å². The van der Waals surface area contributed by atoms with Gasteiger partial charge in [0.1, 0.15) is 17.0 Å². The van der Waals surface area contributed by atoms with Crippen molar-refractivity contribution < 1.29 is 14.3 Å². The third-order valence-electron chi connectivity index (χ3n) is 7.36. The van der Waals surface area contributed by atoms with Crippen molar-refractivity contribution in [2.45, 2.75) is 96.3 Å². The Morgan fingerprint density at radius 2 is 1.85 bits per heavy atom. The van der Waals surface area contributed by atoms with E-state index in [1.54, 1.807) is 16.7 Å². The number of amides is 2. The predicted octanol–water partition coefficient (Wildman–Crippen LogP) is 4.66. The van der Waals surface area contributed by atoms with Gasteiger partial charge in [0.15, 0.2) is 0 Å². The maximum absolute atomic E-state index is 13.9. The van der Waals surface area contributed by atoms with Gasteiger partial charge >= 0.3 is 0 Å². The Bertz CT molecular complexity index is 1020. The number of rotatable bonds is 6. The molecule has 1 aromatic heterocycles. The van der Waals surface area contributed by atoms with Crippen LogP contribution in [-0.4, -0.2) is 45.2 Å². The lowest BCUT2D eigenvalue weighted by Gasteiger charge is -2.44. The van der Waals surface area contributed by atoms with Crippen molar-refractivity contribution >= 4 is 11.8 Å². The van der Waals surface area contributed by atoms with Crippen molar-refractivity contribution in [1.29, 1.82) is 0 Å². The monoisotopic (exact) mass is 466 g/mol. The van der Waals surface area contributed by atoms with Crippen molar-refractivity contribution in [2.24, 2.45) is 0 Å². The summed E-state index contributed by atoms with van der Waals surface area (Å²) in [5.41, 5.74) is 1.22. The van der Waals surface area contributed by atoms with E-state index in [4.69, 9.17) is 9.84 Å². The molecule has 1 atom stereocenters. The number of para-hydroxylation sites is 1. The lowest BCUT2D eigenvalue weighted by molar-refractivity contribution is -0.134. The number of carbonyl (C=O) groups excluding carboxylic acids is 2. The van der Waals surface area contributed by atoms with E-state index >= 15 is 0 Å². The number of hydrogen-bond donors (Lipinski definition) is 1. The minimum Gasteiger partial charge on any atom is -0.496 e. The van der Waals surface area contributed by atoms with E-state index in [1.807, 2.05) is 37.3 Å². The highest BCUT2D eigenvalue weighted by Gasteiger charge is 2.48. The number of nitrogens with zero attached hydrogens (tertiary/aromatic N) is 3. The molecule has 2 aliphatic rings. The molecule has 1 fully saturated rings. The molecule has 2 heterocycles. The number of hydrogen-bond acceptors (Lipinski definition) is 4. The van der Waals surface area contributed by atoms with Crippen LogP contribution in [0.4, 0.5) is 0 Å². The largest absolute Gasteiger partial charge is 0.496 e. The van der Waals surface area contributed by atoms with Gasteiger partial charge in [-0.15, -0.1) is 0 Å². The summed E-state index contributed by atoms with van der Waals surface area (Å²) in [6.45, 7) is 6.62. The number of carbonyl (C=O) groups is 2. The molecule has 0 unspecified atom stereocenters. The van der Waals surface area contributed by atoms with Gasteiger partial charge in [0.2, 0.25) is 5.91 Å². The fourth-order valence-corrected chi connectivity index (χ4v) is 5.14.